The largest absolute Gasteiger partial charge is 0.504 e. The van der Waals surface area contributed by atoms with Crippen molar-refractivity contribution in [2.24, 2.45) is 5.92 Å². The topological polar surface area (TPSA) is 45.6 Å². The highest BCUT2D eigenvalue weighted by Gasteiger charge is 2.23. The lowest BCUT2D eigenvalue weighted by molar-refractivity contribution is 0.192. The van der Waals surface area contributed by atoms with Crippen LogP contribution in [0, 0.1) is 5.92 Å². The van der Waals surface area contributed by atoms with Gasteiger partial charge in [-0.05, 0) is 49.4 Å². The molecule has 3 aromatic rings. The summed E-state index contributed by atoms with van der Waals surface area (Å²) in [5, 5.41) is 11.6. The molecule has 0 saturated heterocycles. The molecular weight excluding hydrogens is 368 g/mol. The van der Waals surface area contributed by atoms with E-state index in [9.17, 15) is 5.11 Å². The van der Waals surface area contributed by atoms with E-state index >= 15 is 0 Å². The first-order valence-corrected chi connectivity index (χ1v) is 10.8. The van der Waals surface area contributed by atoms with Crippen LogP contribution in [0.3, 0.4) is 0 Å². The molecule has 5 heteroatoms. The summed E-state index contributed by atoms with van der Waals surface area (Å²) in [5.74, 6) is 1.57. The summed E-state index contributed by atoms with van der Waals surface area (Å²) in [4.78, 5) is 7.22. The molecule has 0 amide bonds. The normalized spacial score (nSPS) is 19.9. The summed E-state index contributed by atoms with van der Waals surface area (Å²) < 4.78 is 7.09. The predicted octanol–water partition coefficient (Wildman–Crippen LogP) is 5.22. The average Bonchev–Trinajstić information content (AvgIpc) is 3.04. The highest BCUT2D eigenvalue weighted by atomic mass is 32.1. The van der Waals surface area contributed by atoms with E-state index in [-0.39, 0.29) is 5.75 Å². The summed E-state index contributed by atoms with van der Waals surface area (Å²) in [6.45, 7) is 3.40. The van der Waals surface area contributed by atoms with E-state index < -0.39 is 0 Å². The van der Waals surface area contributed by atoms with Gasteiger partial charge in [0.2, 0.25) is 0 Å². The lowest BCUT2D eigenvalue weighted by Gasteiger charge is -2.26. The van der Waals surface area contributed by atoms with Gasteiger partial charge >= 0.3 is 0 Å². The number of hydrogen-bond donors (Lipinski definition) is 1. The number of thiazole rings is 1. The van der Waals surface area contributed by atoms with Crippen molar-refractivity contribution in [2.75, 3.05) is 19.7 Å². The fourth-order valence-electron chi connectivity index (χ4n) is 4.22. The highest BCUT2D eigenvalue weighted by Crippen LogP contribution is 2.39. The summed E-state index contributed by atoms with van der Waals surface area (Å²) in [6, 6.07) is 12.1. The van der Waals surface area contributed by atoms with Crippen molar-refractivity contribution in [3.8, 4) is 22.1 Å². The molecule has 2 heterocycles. The smallest absolute Gasteiger partial charge is 0.165 e. The van der Waals surface area contributed by atoms with Crippen molar-refractivity contribution in [1.82, 2.24) is 9.88 Å². The van der Waals surface area contributed by atoms with Gasteiger partial charge in [-0.1, -0.05) is 24.3 Å². The Morgan fingerprint density at radius 3 is 3.00 bits per heavy atom. The van der Waals surface area contributed by atoms with Crippen LogP contribution >= 0.6 is 11.3 Å². The number of aromatic hydroxyl groups is 1. The maximum absolute atomic E-state index is 10.6. The van der Waals surface area contributed by atoms with E-state index in [0.29, 0.717) is 18.3 Å². The van der Waals surface area contributed by atoms with Crippen molar-refractivity contribution >= 4 is 21.6 Å². The number of aromatic nitrogens is 1. The molecule has 0 saturated carbocycles. The summed E-state index contributed by atoms with van der Waals surface area (Å²) in [7, 11) is 0. The van der Waals surface area contributed by atoms with Crippen molar-refractivity contribution in [1.29, 1.82) is 0 Å². The predicted molar refractivity (Wildman–Crippen MR) is 114 cm³/mol. The number of para-hydroxylation sites is 1. The van der Waals surface area contributed by atoms with Gasteiger partial charge in [-0.3, -0.25) is 4.90 Å². The number of fused-ring (bicyclic) bond motifs is 2. The van der Waals surface area contributed by atoms with E-state index in [0.717, 1.165) is 46.0 Å². The third kappa shape index (κ3) is 3.52. The molecule has 144 valence electrons. The van der Waals surface area contributed by atoms with Crippen LogP contribution in [0.4, 0.5) is 0 Å². The molecule has 2 aliphatic rings. The van der Waals surface area contributed by atoms with E-state index in [1.165, 1.54) is 19.3 Å². The molecule has 0 fully saturated rings. The van der Waals surface area contributed by atoms with Crippen LogP contribution in [-0.4, -0.2) is 34.7 Å². The molecule has 1 unspecified atom stereocenters. The lowest BCUT2D eigenvalue weighted by Crippen LogP contribution is -2.31. The van der Waals surface area contributed by atoms with Gasteiger partial charge in [0, 0.05) is 30.8 Å². The fraction of sp³-hybridized carbons (Fsp3) is 0.348. The Kier molecular flexibility index (Phi) is 4.79. The number of rotatable bonds is 3. The van der Waals surface area contributed by atoms with E-state index in [1.807, 2.05) is 18.2 Å². The second-order valence-electron chi connectivity index (χ2n) is 7.70. The summed E-state index contributed by atoms with van der Waals surface area (Å²) >= 11 is 1.66. The molecule has 1 aliphatic carbocycles. The molecule has 0 spiro atoms. The number of ether oxygens (including phenoxy) is 1. The van der Waals surface area contributed by atoms with Crippen LogP contribution in [-0.2, 0) is 6.54 Å². The average molecular weight is 393 g/mol. The zero-order valence-electron chi connectivity index (χ0n) is 15.8. The maximum atomic E-state index is 10.6. The monoisotopic (exact) mass is 392 g/mol. The van der Waals surface area contributed by atoms with Crippen molar-refractivity contribution in [3.05, 3.63) is 54.1 Å². The first-order chi connectivity index (χ1) is 13.8. The van der Waals surface area contributed by atoms with Gasteiger partial charge in [0.1, 0.15) is 11.6 Å². The minimum atomic E-state index is 0.217. The van der Waals surface area contributed by atoms with Crippen LogP contribution in [0.1, 0.15) is 24.8 Å². The van der Waals surface area contributed by atoms with Gasteiger partial charge < -0.3 is 9.84 Å². The maximum Gasteiger partial charge on any atom is 0.165 e. The molecule has 0 bridgehead atoms. The first-order valence-electron chi connectivity index (χ1n) is 9.98. The Morgan fingerprint density at radius 1 is 1.21 bits per heavy atom. The minimum Gasteiger partial charge on any atom is -0.504 e. The Hall–Kier alpha value is -2.37. The van der Waals surface area contributed by atoms with Crippen LogP contribution in [0.5, 0.6) is 11.5 Å². The van der Waals surface area contributed by atoms with Crippen molar-refractivity contribution < 1.29 is 9.84 Å². The van der Waals surface area contributed by atoms with Gasteiger partial charge in [0.05, 0.1) is 10.2 Å². The molecule has 1 N–H and O–H groups in total. The molecule has 28 heavy (non-hydrogen) atoms. The van der Waals surface area contributed by atoms with E-state index in [2.05, 4.69) is 29.2 Å². The Morgan fingerprint density at radius 2 is 2.14 bits per heavy atom. The molecule has 2 aromatic carbocycles. The van der Waals surface area contributed by atoms with E-state index in [4.69, 9.17) is 9.72 Å². The van der Waals surface area contributed by atoms with Crippen LogP contribution < -0.4 is 4.74 Å². The van der Waals surface area contributed by atoms with Crippen LogP contribution in [0.15, 0.2) is 48.6 Å². The molecule has 5 rings (SSSR count). The standard InChI is InChI=1S/C23H24N2O2S/c26-20-13-17(23-24-19-8-4-5-9-21(19)28-23)12-18-15-25(10-11-27-22(18)20)14-16-6-2-1-3-7-16/h1-2,4-5,8-9,12-13,16,26H,3,6-7,10-11,14-15H2. The minimum absolute atomic E-state index is 0.217. The highest BCUT2D eigenvalue weighted by molar-refractivity contribution is 7.21. The quantitative estimate of drug-likeness (QED) is 0.621. The van der Waals surface area contributed by atoms with Gasteiger partial charge in [0.25, 0.3) is 0 Å². The molecule has 4 nitrogen and oxygen atoms in total. The second kappa shape index (κ2) is 7.57. The second-order valence-corrected chi connectivity index (χ2v) is 8.74. The zero-order chi connectivity index (χ0) is 18.9. The Bertz CT molecular complexity index is 994. The third-order valence-corrected chi connectivity index (χ3v) is 6.71. The Labute approximate surface area is 169 Å². The Balaban J connectivity index is 1.45. The molecule has 1 aromatic heterocycles. The fourth-order valence-corrected chi connectivity index (χ4v) is 5.17. The molecule has 1 atom stereocenters. The first kappa shape index (κ1) is 17.7. The number of phenols is 1. The molecule has 0 radical (unpaired) electrons. The van der Waals surface area contributed by atoms with Gasteiger partial charge in [-0.15, -0.1) is 11.3 Å². The molecular formula is C23H24N2O2S. The zero-order valence-corrected chi connectivity index (χ0v) is 16.6. The summed E-state index contributed by atoms with van der Waals surface area (Å²) in [6.07, 6.45) is 8.22. The number of benzene rings is 2. The number of nitrogens with zero attached hydrogens (tertiary/aromatic N) is 2. The van der Waals surface area contributed by atoms with Gasteiger partial charge in [-0.2, -0.15) is 0 Å². The van der Waals surface area contributed by atoms with Crippen molar-refractivity contribution in [2.45, 2.75) is 25.8 Å². The summed E-state index contributed by atoms with van der Waals surface area (Å²) in [5.41, 5.74) is 3.02. The van der Waals surface area contributed by atoms with Gasteiger partial charge in [-0.25, -0.2) is 4.98 Å². The lowest BCUT2D eigenvalue weighted by atomic mass is 9.94. The number of allylic oxidation sites excluding steroid dienone is 2. The van der Waals surface area contributed by atoms with Crippen molar-refractivity contribution in [3.63, 3.8) is 0 Å². The SMILES string of the molecule is Oc1cc(-c2nc3ccccc3s2)cc2c1OCCN(CC1CC=CCC1)C2. The van der Waals surface area contributed by atoms with Gasteiger partial charge in [0.15, 0.2) is 11.5 Å². The van der Waals surface area contributed by atoms with Crippen LogP contribution in [0.2, 0.25) is 0 Å². The number of hydrogen-bond acceptors (Lipinski definition) is 5. The number of phenolic OH excluding ortho intramolecular Hbond substituents is 1. The third-order valence-electron chi connectivity index (χ3n) is 5.63. The molecule has 1 aliphatic heterocycles. The van der Waals surface area contributed by atoms with Crippen LogP contribution in [0.25, 0.3) is 20.8 Å². The van der Waals surface area contributed by atoms with E-state index in [1.54, 1.807) is 17.4 Å².